The van der Waals surface area contributed by atoms with Gasteiger partial charge in [0.15, 0.2) is 0 Å². The van der Waals surface area contributed by atoms with Gasteiger partial charge in [0, 0.05) is 19.6 Å². The van der Waals surface area contributed by atoms with Gasteiger partial charge in [-0.05, 0) is 6.42 Å². The number of carbonyl (C=O) groups is 2. The molecular weight excluding hydrogens is 158 g/mol. The van der Waals surface area contributed by atoms with E-state index in [4.69, 9.17) is 5.73 Å². The molecule has 2 rings (SSSR count). The van der Waals surface area contributed by atoms with Crippen LogP contribution in [0.4, 0.5) is 4.79 Å². The van der Waals surface area contributed by atoms with Crippen molar-refractivity contribution in [1.82, 2.24) is 10.2 Å². The SMILES string of the molecule is NC(=O)N1CC2(CCNC2=O)C1. The maximum absolute atomic E-state index is 11.3. The molecule has 1 spiro atoms. The second kappa shape index (κ2) is 2.12. The lowest BCUT2D eigenvalue weighted by Crippen LogP contribution is -2.62. The second-order valence-electron chi connectivity index (χ2n) is 3.48. The van der Waals surface area contributed by atoms with E-state index < -0.39 is 6.03 Å². The van der Waals surface area contributed by atoms with E-state index in [1.54, 1.807) is 0 Å². The van der Waals surface area contributed by atoms with Gasteiger partial charge in [-0.1, -0.05) is 0 Å². The molecule has 2 aliphatic rings. The summed E-state index contributed by atoms with van der Waals surface area (Å²) in [6.45, 7) is 1.72. The Kier molecular flexibility index (Phi) is 1.31. The van der Waals surface area contributed by atoms with E-state index in [0.717, 1.165) is 13.0 Å². The third-order valence-corrected chi connectivity index (χ3v) is 2.67. The Morgan fingerprint density at radius 3 is 2.67 bits per heavy atom. The summed E-state index contributed by atoms with van der Waals surface area (Å²) in [7, 11) is 0. The molecular formula is C7H11N3O2. The molecule has 2 aliphatic heterocycles. The molecule has 3 amide bonds. The summed E-state index contributed by atoms with van der Waals surface area (Å²) in [6.07, 6.45) is 0.829. The molecule has 0 radical (unpaired) electrons. The average Bonchev–Trinajstić information content (AvgIpc) is 2.26. The minimum atomic E-state index is -0.430. The van der Waals surface area contributed by atoms with Crippen LogP contribution in [0.2, 0.25) is 0 Å². The van der Waals surface area contributed by atoms with Crippen molar-refractivity contribution < 1.29 is 9.59 Å². The van der Waals surface area contributed by atoms with Crippen molar-refractivity contribution in [1.29, 1.82) is 0 Å². The van der Waals surface area contributed by atoms with Crippen molar-refractivity contribution in [2.75, 3.05) is 19.6 Å². The van der Waals surface area contributed by atoms with Gasteiger partial charge in [0.05, 0.1) is 5.41 Å². The zero-order valence-corrected chi connectivity index (χ0v) is 6.67. The Bertz CT molecular complexity index is 245. The Balaban J connectivity index is 2.02. The molecule has 2 saturated heterocycles. The Morgan fingerprint density at radius 2 is 2.25 bits per heavy atom. The standard InChI is InChI=1S/C7H11N3O2/c8-6(12)10-3-7(4-10)1-2-9-5(7)11/h1-4H2,(H2,8,12)(H,9,11). The first-order valence-corrected chi connectivity index (χ1v) is 3.97. The Labute approximate surface area is 69.9 Å². The molecule has 66 valence electrons. The molecule has 0 aromatic rings. The van der Waals surface area contributed by atoms with Crippen LogP contribution in [0, 0.1) is 5.41 Å². The minimum absolute atomic E-state index is 0.0694. The van der Waals surface area contributed by atoms with Crippen LogP contribution >= 0.6 is 0 Å². The van der Waals surface area contributed by atoms with Gasteiger partial charge in [0.2, 0.25) is 5.91 Å². The van der Waals surface area contributed by atoms with E-state index in [-0.39, 0.29) is 11.3 Å². The molecule has 0 saturated carbocycles. The molecule has 0 atom stereocenters. The lowest BCUT2D eigenvalue weighted by Gasteiger charge is -2.44. The summed E-state index contributed by atoms with van der Waals surface area (Å²) in [5.41, 5.74) is 4.75. The maximum Gasteiger partial charge on any atom is 0.314 e. The molecule has 0 aromatic heterocycles. The summed E-state index contributed by atoms with van der Waals surface area (Å²) in [5, 5.41) is 2.75. The number of urea groups is 1. The first-order chi connectivity index (χ1) is 5.64. The number of rotatable bonds is 0. The van der Waals surface area contributed by atoms with Gasteiger partial charge in [-0.2, -0.15) is 0 Å². The fourth-order valence-corrected chi connectivity index (χ4v) is 1.86. The third-order valence-electron chi connectivity index (χ3n) is 2.67. The maximum atomic E-state index is 11.3. The van der Waals surface area contributed by atoms with Crippen LogP contribution in [0.15, 0.2) is 0 Å². The van der Waals surface area contributed by atoms with Crippen molar-refractivity contribution >= 4 is 11.9 Å². The summed E-state index contributed by atoms with van der Waals surface area (Å²) in [5.74, 6) is 0.0694. The quantitative estimate of drug-likeness (QED) is 0.482. The highest BCUT2D eigenvalue weighted by Crippen LogP contribution is 2.36. The van der Waals surface area contributed by atoms with Crippen LogP contribution < -0.4 is 11.1 Å². The highest BCUT2D eigenvalue weighted by Gasteiger charge is 2.52. The van der Waals surface area contributed by atoms with Crippen LogP contribution in [0.25, 0.3) is 0 Å². The minimum Gasteiger partial charge on any atom is -0.355 e. The molecule has 3 N–H and O–H groups in total. The van der Waals surface area contributed by atoms with E-state index in [9.17, 15) is 9.59 Å². The molecule has 0 aliphatic carbocycles. The monoisotopic (exact) mass is 169 g/mol. The molecule has 0 aromatic carbocycles. The van der Waals surface area contributed by atoms with Crippen LogP contribution in [-0.2, 0) is 4.79 Å². The summed E-state index contributed by atoms with van der Waals surface area (Å²) in [4.78, 5) is 23.4. The number of nitrogens with zero attached hydrogens (tertiary/aromatic N) is 1. The van der Waals surface area contributed by atoms with Crippen LogP contribution in [0.1, 0.15) is 6.42 Å². The second-order valence-corrected chi connectivity index (χ2v) is 3.48. The fraction of sp³-hybridized carbons (Fsp3) is 0.714. The van der Waals surface area contributed by atoms with Gasteiger partial charge < -0.3 is 16.0 Å². The van der Waals surface area contributed by atoms with Crippen molar-refractivity contribution in [2.24, 2.45) is 11.1 Å². The highest BCUT2D eigenvalue weighted by molar-refractivity contribution is 5.88. The van der Waals surface area contributed by atoms with Crippen LogP contribution in [0.3, 0.4) is 0 Å². The number of primary amides is 1. The predicted molar refractivity (Wildman–Crippen MR) is 41.2 cm³/mol. The number of hydrogen-bond acceptors (Lipinski definition) is 2. The molecule has 5 heteroatoms. The predicted octanol–water partition coefficient (Wildman–Crippen LogP) is -1.11. The lowest BCUT2D eigenvalue weighted by molar-refractivity contribution is -0.134. The van der Waals surface area contributed by atoms with Gasteiger partial charge in [-0.25, -0.2) is 4.79 Å². The number of carbonyl (C=O) groups excluding carboxylic acids is 2. The van der Waals surface area contributed by atoms with Crippen molar-refractivity contribution in [3.63, 3.8) is 0 Å². The molecule has 12 heavy (non-hydrogen) atoms. The van der Waals surface area contributed by atoms with Gasteiger partial charge in [-0.15, -0.1) is 0 Å². The number of nitrogens with two attached hydrogens (primary N) is 1. The van der Waals surface area contributed by atoms with Crippen molar-refractivity contribution in [3.05, 3.63) is 0 Å². The number of amides is 3. The topological polar surface area (TPSA) is 75.4 Å². The first-order valence-electron chi connectivity index (χ1n) is 3.97. The van der Waals surface area contributed by atoms with Crippen molar-refractivity contribution in [3.8, 4) is 0 Å². The normalized spacial score (nSPS) is 25.3. The summed E-state index contributed by atoms with van der Waals surface area (Å²) < 4.78 is 0. The fourth-order valence-electron chi connectivity index (χ4n) is 1.86. The molecule has 0 unspecified atom stereocenters. The van der Waals surface area contributed by atoms with E-state index in [2.05, 4.69) is 5.32 Å². The lowest BCUT2D eigenvalue weighted by atomic mass is 9.78. The van der Waals surface area contributed by atoms with Gasteiger partial charge in [0.25, 0.3) is 0 Å². The van der Waals surface area contributed by atoms with Crippen LogP contribution in [-0.4, -0.2) is 36.5 Å². The Morgan fingerprint density at radius 1 is 1.58 bits per heavy atom. The van der Waals surface area contributed by atoms with Crippen molar-refractivity contribution in [2.45, 2.75) is 6.42 Å². The van der Waals surface area contributed by atoms with Gasteiger partial charge in [0.1, 0.15) is 0 Å². The molecule has 5 nitrogen and oxygen atoms in total. The number of nitrogens with one attached hydrogen (secondary N) is 1. The highest BCUT2D eigenvalue weighted by atomic mass is 16.2. The number of likely N-dealkylation sites (tertiary alicyclic amines) is 1. The van der Waals surface area contributed by atoms with E-state index in [0.29, 0.717) is 13.1 Å². The smallest absolute Gasteiger partial charge is 0.314 e. The zero-order valence-electron chi connectivity index (χ0n) is 6.67. The third kappa shape index (κ3) is 0.790. The molecule has 0 bridgehead atoms. The van der Waals surface area contributed by atoms with Crippen LogP contribution in [0.5, 0.6) is 0 Å². The number of hydrogen-bond donors (Lipinski definition) is 2. The van der Waals surface area contributed by atoms with Gasteiger partial charge in [-0.3, -0.25) is 4.79 Å². The summed E-state index contributed by atoms with van der Waals surface area (Å²) >= 11 is 0. The zero-order chi connectivity index (χ0) is 8.77. The van der Waals surface area contributed by atoms with E-state index >= 15 is 0 Å². The molecule has 2 heterocycles. The Hall–Kier alpha value is -1.26. The van der Waals surface area contributed by atoms with E-state index in [1.807, 2.05) is 0 Å². The first kappa shape index (κ1) is 7.39. The largest absolute Gasteiger partial charge is 0.355 e. The summed E-state index contributed by atoms with van der Waals surface area (Å²) in [6, 6.07) is -0.430. The van der Waals surface area contributed by atoms with E-state index in [1.165, 1.54) is 4.90 Å². The average molecular weight is 169 g/mol. The van der Waals surface area contributed by atoms with Gasteiger partial charge >= 0.3 is 6.03 Å². The molecule has 2 fully saturated rings.